The molecule has 1 aromatic carbocycles. The number of hydrogen-bond acceptors (Lipinski definition) is 5. The van der Waals surface area contributed by atoms with Gasteiger partial charge in [-0.1, -0.05) is 77.3 Å². The molecule has 3 rings (SSSR count). The zero-order chi connectivity index (χ0) is 26.2. The zero-order valence-corrected chi connectivity index (χ0v) is 22.1. The number of carboxylic acid groups (broad SMARTS) is 1. The summed E-state index contributed by atoms with van der Waals surface area (Å²) in [5.74, 6) is -1.70. The standard InChI is InChI=1S/C30H42O6/c1-5-8-9-10-24(29(32)33)27-19(4)11-14-21-17-22(31)18-26(28(21)27)36-30(34)25(7-3)35-23-15-12-20(6-2)13-16-23/h11-17,19,22,24-28,31H,5-10,18H2,1-4H3,(H,32,33). The van der Waals surface area contributed by atoms with E-state index < -0.39 is 36.2 Å². The number of allylic oxidation sites excluding steroid dienone is 2. The topological polar surface area (TPSA) is 93.1 Å². The van der Waals surface area contributed by atoms with Gasteiger partial charge in [0.1, 0.15) is 11.9 Å². The van der Waals surface area contributed by atoms with Crippen molar-refractivity contribution in [1.29, 1.82) is 0 Å². The third-order valence-corrected chi connectivity index (χ3v) is 7.67. The van der Waals surface area contributed by atoms with Gasteiger partial charge in [0.25, 0.3) is 0 Å². The number of fused-ring (bicyclic) bond motifs is 1. The summed E-state index contributed by atoms with van der Waals surface area (Å²) < 4.78 is 12.0. The predicted molar refractivity (Wildman–Crippen MR) is 140 cm³/mol. The molecule has 7 atom stereocenters. The molecule has 0 amide bonds. The molecule has 0 bridgehead atoms. The Balaban J connectivity index is 1.82. The van der Waals surface area contributed by atoms with E-state index in [2.05, 4.69) is 13.8 Å². The second kappa shape index (κ2) is 13.1. The number of carbonyl (C=O) groups is 2. The van der Waals surface area contributed by atoms with Gasteiger partial charge in [0.05, 0.1) is 12.0 Å². The van der Waals surface area contributed by atoms with Gasteiger partial charge >= 0.3 is 11.9 Å². The summed E-state index contributed by atoms with van der Waals surface area (Å²) in [5.41, 5.74) is 2.05. The summed E-state index contributed by atoms with van der Waals surface area (Å²) in [7, 11) is 0. The maximum atomic E-state index is 13.3. The lowest BCUT2D eigenvalue weighted by Gasteiger charge is -2.44. The summed E-state index contributed by atoms with van der Waals surface area (Å²) in [5, 5.41) is 20.7. The minimum Gasteiger partial charge on any atom is -0.481 e. The fourth-order valence-corrected chi connectivity index (χ4v) is 5.68. The van der Waals surface area contributed by atoms with Gasteiger partial charge in [-0.2, -0.15) is 0 Å². The molecule has 0 fully saturated rings. The first-order valence-electron chi connectivity index (χ1n) is 13.6. The third-order valence-electron chi connectivity index (χ3n) is 7.67. The van der Waals surface area contributed by atoms with Gasteiger partial charge in [-0.25, -0.2) is 4.79 Å². The smallest absolute Gasteiger partial charge is 0.347 e. The van der Waals surface area contributed by atoms with Gasteiger partial charge in [-0.15, -0.1) is 0 Å². The maximum absolute atomic E-state index is 13.3. The van der Waals surface area contributed by atoms with E-state index in [1.54, 1.807) is 6.08 Å². The molecule has 0 spiro atoms. The molecule has 0 heterocycles. The van der Waals surface area contributed by atoms with E-state index in [-0.39, 0.29) is 24.2 Å². The second-order valence-electron chi connectivity index (χ2n) is 10.2. The van der Waals surface area contributed by atoms with Gasteiger partial charge in [0.2, 0.25) is 0 Å². The first-order chi connectivity index (χ1) is 17.3. The van der Waals surface area contributed by atoms with Crippen LogP contribution in [0.15, 0.2) is 48.1 Å². The molecular formula is C30H42O6. The normalized spacial score (nSPS) is 26.9. The third kappa shape index (κ3) is 6.78. The Bertz CT molecular complexity index is 933. The molecule has 2 aliphatic carbocycles. The zero-order valence-electron chi connectivity index (χ0n) is 22.1. The van der Waals surface area contributed by atoms with Crippen LogP contribution in [0.5, 0.6) is 5.75 Å². The van der Waals surface area contributed by atoms with Crippen molar-refractivity contribution in [3.05, 3.63) is 53.6 Å². The van der Waals surface area contributed by atoms with Crippen molar-refractivity contribution in [2.24, 2.45) is 23.7 Å². The number of aryl methyl sites for hydroxylation is 1. The van der Waals surface area contributed by atoms with Crippen molar-refractivity contribution >= 4 is 11.9 Å². The van der Waals surface area contributed by atoms with Gasteiger partial charge in [-0.05, 0) is 54.4 Å². The molecule has 2 N–H and O–H groups in total. The molecule has 0 aliphatic heterocycles. The van der Waals surface area contributed by atoms with Crippen molar-refractivity contribution in [2.45, 2.75) is 91.0 Å². The Labute approximate surface area is 215 Å². The van der Waals surface area contributed by atoms with Crippen molar-refractivity contribution in [3.8, 4) is 5.75 Å². The minimum absolute atomic E-state index is 0.0154. The number of carbonyl (C=O) groups excluding carboxylic acids is 1. The Morgan fingerprint density at radius 2 is 1.83 bits per heavy atom. The summed E-state index contributed by atoms with van der Waals surface area (Å²) in [6.07, 6.45) is 8.69. The Morgan fingerprint density at radius 3 is 2.44 bits per heavy atom. The Hall–Kier alpha value is -2.60. The largest absolute Gasteiger partial charge is 0.481 e. The lowest BCUT2D eigenvalue weighted by molar-refractivity contribution is -0.164. The number of hydrogen-bond donors (Lipinski definition) is 2. The molecule has 7 unspecified atom stereocenters. The van der Waals surface area contributed by atoms with Crippen molar-refractivity contribution in [3.63, 3.8) is 0 Å². The van der Waals surface area contributed by atoms with Crippen LogP contribution in [0.3, 0.4) is 0 Å². The van der Waals surface area contributed by atoms with Crippen molar-refractivity contribution in [2.75, 3.05) is 0 Å². The molecule has 2 aliphatic rings. The molecule has 1 aromatic rings. The van der Waals surface area contributed by atoms with Crippen LogP contribution in [0.25, 0.3) is 0 Å². The Kier molecular flexibility index (Phi) is 10.2. The van der Waals surface area contributed by atoms with E-state index >= 15 is 0 Å². The predicted octanol–water partition coefficient (Wildman–Crippen LogP) is 5.73. The average molecular weight is 499 g/mol. The number of benzene rings is 1. The summed E-state index contributed by atoms with van der Waals surface area (Å²) in [4.78, 5) is 25.7. The molecule has 36 heavy (non-hydrogen) atoms. The minimum atomic E-state index is -0.806. The molecule has 6 heteroatoms. The highest BCUT2D eigenvalue weighted by molar-refractivity contribution is 5.75. The second-order valence-corrected chi connectivity index (χ2v) is 10.2. The number of rotatable bonds is 12. The summed E-state index contributed by atoms with van der Waals surface area (Å²) in [6, 6.07) is 7.68. The summed E-state index contributed by atoms with van der Waals surface area (Å²) >= 11 is 0. The van der Waals surface area contributed by atoms with E-state index in [1.165, 1.54) is 5.56 Å². The number of aliphatic hydroxyl groups is 1. The highest BCUT2D eigenvalue weighted by atomic mass is 16.6. The van der Waals surface area contributed by atoms with E-state index in [1.807, 2.05) is 50.3 Å². The van der Waals surface area contributed by atoms with E-state index in [9.17, 15) is 19.8 Å². The number of aliphatic hydroxyl groups excluding tert-OH is 1. The van der Waals surface area contributed by atoms with Gasteiger partial charge in [-0.3, -0.25) is 4.79 Å². The van der Waals surface area contributed by atoms with E-state index in [4.69, 9.17) is 9.47 Å². The van der Waals surface area contributed by atoms with Gasteiger partial charge in [0.15, 0.2) is 6.10 Å². The van der Waals surface area contributed by atoms with Crippen LogP contribution in [0.4, 0.5) is 0 Å². The number of carboxylic acids is 1. The van der Waals surface area contributed by atoms with Crippen LogP contribution < -0.4 is 4.74 Å². The van der Waals surface area contributed by atoms with Crippen molar-refractivity contribution in [1.82, 2.24) is 0 Å². The molecule has 0 saturated heterocycles. The van der Waals surface area contributed by atoms with E-state index in [0.29, 0.717) is 18.6 Å². The maximum Gasteiger partial charge on any atom is 0.347 e. The number of unbranched alkanes of at least 4 members (excludes halogenated alkanes) is 2. The molecule has 198 valence electrons. The summed E-state index contributed by atoms with van der Waals surface area (Å²) in [6.45, 7) is 8.09. The lowest BCUT2D eigenvalue weighted by atomic mass is 9.62. The van der Waals surface area contributed by atoms with Crippen LogP contribution in [0.2, 0.25) is 0 Å². The molecule has 6 nitrogen and oxygen atoms in total. The average Bonchev–Trinajstić information content (AvgIpc) is 2.86. The molecule has 0 aromatic heterocycles. The van der Waals surface area contributed by atoms with Crippen LogP contribution in [-0.2, 0) is 20.7 Å². The van der Waals surface area contributed by atoms with Crippen LogP contribution >= 0.6 is 0 Å². The molecule has 0 saturated carbocycles. The van der Waals surface area contributed by atoms with Crippen LogP contribution in [-0.4, -0.2) is 40.5 Å². The quantitative estimate of drug-likeness (QED) is 0.282. The fourth-order valence-electron chi connectivity index (χ4n) is 5.68. The van der Waals surface area contributed by atoms with Gasteiger partial charge < -0.3 is 19.7 Å². The number of esters is 1. The monoisotopic (exact) mass is 498 g/mol. The fraction of sp³-hybridized carbons (Fsp3) is 0.600. The van der Waals surface area contributed by atoms with Crippen LogP contribution in [0.1, 0.15) is 71.8 Å². The number of ether oxygens (including phenoxy) is 2. The van der Waals surface area contributed by atoms with Gasteiger partial charge in [0, 0.05) is 12.3 Å². The molecular weight excluding hydrogens is 456 g/mol. The van der Waals surface area contributed by atoms with Crippen LogP contribution in [0, 0.1) is 23.7 Å². The highest BCUT2D eigenvalue weighted by Crippen LogP contribution is 2.46. The highest BCUT2D eigenvalue weighted by Gasteiger charge is 2.47. The first-order valence-corrected chi connectivity index (χ1v) is 13.6. The Morgan fingerprint density at radius 1 is 1.11 bits per heavy atom. The number of aliphatic carboxylic acids is 1. The van der Waals surface area contributed by atoms with E-state index in [0.717, 1.165) is 31.3 Å². The first kappa shape index (κ1) is 28.0. The SMILES string of the molecule is CCCCCC(C(=O)O)C1C(C)C=CC2=CC(O)CC(OC(=O)C(CC)Oc3ccc(CC)cc3)C21. The van der Waals surface area contributed by atoms with Crippen molar-refractivity contribution < 1.29 is 29.3 Å². The lowest BCUT2D eigenvalue weighted by Crippen LogP contribution is -2.47. The molecule has 0 radical (unpaired) electrons.